The summed E-state index contributed by atoms with van der Waals surface area (Å²) in [5.41, 5.74) is 3.75. The molecule has 1 saturated carbocycles. The van der Waals surface area contributed by atoms with Gasteiger partial charge in [-0.25, -0.2) is 4.39 Å². The maximum Gasteiger partial charge on any atom is 0.260 e. The van der Waals surface area contributed by atoms with Crippen molar-refractivity contribution in [2.75, 3.05) is 25.2 Å². The lowest BCUT2D eigenvalue weighted by molar-refractivity contribution is -0.141. The SMILES string of the molecule is CCCN1C(=O)C2CC=C3C(CC4C(=O)N(Nc5ccc(F)cc5)C(=O)C4(c4ccc(Cl)cc4)C3c3ccccc3OCCO)C2C1=O. The summed E-state index contributed by atoms with van der Waals surface area (Å²) in [6, 6.07) is 19.5. The molecule has 48 heavy (non-hydrogen) atoms. The Balaban J connectivity index is 1.46. The van der Waals surface area contributed by atoms with Crippen molar-refractivity contribution in [3.8, 4) is 5.75 Å². The van der Waals surface area contributed by atoms with Crippen LogP contribution >= 0.6 is 11.6 Å². The van der Waals surface area contributed by atoms with E-state index < -0.39 is 52.6 Å². The van der Waals surface area contributed by atoms with Crippen LogP contribution < -0.4 is 10.2 Å². The second kappa shape index (κ2) is 12.5. The highest BCUT2D eigenvalue weighted by Crippen LogP contribution is 2.65. The van der Waals surface area contributed by atoms with Crippen LogP contribution in [0.25, 0.3) is 0 Å². The molecule has 3 aromatic carbocycles. The number of amides is 4. The van der Waals surface area contributed by atoms with E-state index in [-0.39, 0.29) is 31.4 Å². The molecule has 2 saturated heterocycles. The molecule has 7 rings (SSSR count). The molecule has 248 valence electrons. The Kier molecular flexibility index (Phi) is 8.33. The zero-order valence-corrected chi connectivity index (χ0v) is 27.0. The molecule has 11 heteroatoms. The predicted molar refractivity (Wildman–Crippen MR) is 175 cm³/mol. The van der Waals surface area contributed by atoms with Crippen molar-refractivity contribution < 1.29 is 33.4 Å². The van der Waals surface area contributed by atoms with E-state index in [0.717, 1.165) is 10.6 Å². The van der Waals surface area contributed by atoms with Crippen molar-refractivity contribution >= 4 is 40.9 Å². The van der Waals surface area contributed by atoms with Gasteiger partial charge in [0.15, 0.2) is 0 Å². The first-order valence-electron chi connectivity index (χ1n) is 16.3. The van der Waals surface area contributed by atoms with Crippen molar-refractivity contribution in [1.82, 2.24) is 9.91 Å². The standard InChI is InChI=1S/C37H35ClFN3O6/c1-2-17-41-33(44)27-16-15-25-28(31(27)35(41)46)20-29-34(45)42(40-24-13-11-23(39)12-14-24)36(47)37(29,21-7-9-22(38)10-8-21)32(25)26-5-3-4-6-30(26)48-19-18-43/h3-15,27-29,31-32,40,43H,2,16-20H2,1H3. The molecule has 0 radical (unpaired) electrons. The van der Waals surface area contributed by atoms with Gasteiger partial charge in [-0.3, -0.25) is 29.5 Å². The van der Waals surface area contributed by atoms with Crippen LogP contribution in [-0.4, -0.2) is 58.4 Å². The fourth-order valence-electron chi connectivity index (χ4n) is 8.51. The Labute approximate surface area is 282 Å². The number of imide groups is 2. The number of para-hydroxylation sites is 1. The van der Waals surface area contributed by atoms with Crippen LogP contribution in [0.15, 0.2) is 84.4 Å². The topological polar surface area (TPSA) is 116 Å². The number of hydrogen-bond acceptors (Lipinski definition) is 7. The Morgan fingerprint density at radius 3 is 2.40 bits per heavy atom. The average molecular weight is 672 g/mol. The summed E-state index contributed by atoms with van der Waals surface area (Å²) in [5, 5.41) is 11.1. The molecule has 9 nitrogen and oxygen atoms in total. The lowest BCUT2D eigenvalue weighted by Crippen LogP contribution is -2.53. The number of allylic oxidation sites excluding steroid dienone is 2. The molecule has 2 aliphatic heterocycles. The predicted octanol–water partition coefficient (Wildman–Crippen LogP) is 5.25. The van der Waals surface area contributed by atoms with Gasteiger partial charge in [-0.15, -0.1) is 0 Å². The van der Waals surface area contributed by atoms with E-state index in [0.29, 0.717) is 47.0 Å². The number of carbonyl (C=O) groups excluding carboxylic acids is 4. The second-order valence-electron chi connectivity index (χ2n) is 12.8. The first-order valence-corrected chi connectivity index (χ1v) is 16.6. The van der Waals surface area contributed by atoms with E-state index in [2.05, 4.69) is 5.43 Å². The lowest BCUT2D eigenvalue weighted by Gasteiger charge is -2.50. The second-order valence-corrected chi connectivity index (χ2v) is 13.2. The van der Waals surface area contributed by atoms with Crippen LogP contribution in [0.4, 0.5) is 10.1 Å². The molecule has 3 aromatic rings. The molecule has 2 aliphatic carbocycles. The quantitative estimate of drug-likeness (QED) is 0.236. The molecule has 6 unspecified atom stereocenters. The van der Waals surface area contributed by atoms with Crippen LogP contribution in [0.1, 0.15) is 43.2 Å². The van der Waals surface area contributed by atoms with E-state index >= 15 is 4.79 Å². The number of nitrogens with zero attached hydrogens (tertiary/aromatic N) is 2. The van der Waals surface area contributed by atoms with Gasteiger partial charge in [0.1, 0.15) is 18.2 Å². The van der Waals surface area contributed by atoms with Gasteiger partial charge in [0, 0.05) is 23.0 Å². The number of hydrogen-bond donors (Lipinski definition) is 2. The van der Waals surface area contributed by atoms with Gasteiger partial charge in [-0.1, -0.05) is 60.5 Å². The Bertz CT molecular complexity index is 1810. The van der Waals surface area contributed by atoms with Crippen LogP contribution in [0.2, 0.25) is 5.02 Å². The number of hydrazine groups is 1. The van der Waals surface area contributed by atoms with E-state index in [1.54, 1.807) is 36.4 Å². The van der Waals surface area contributed by atoms with Crippen molar-refractivity contribution in [3.05, 3.63) is 106 Å². The maximum atomic E-state index is 15.2. The van der Waals surface area contributed by atoms with Gasteiger partial charge in [-0.05, 0) is 73.2 Å². The minimum Gasteiger partial charge on any atom is -0.491 e. The summed E-state index contributed by atoms with van der Waals surface area (Å²) >= 11 is 6.35. The molecular formula is C37H35ClFN3O6. The van der Waals surface area contributed by atoms with Crippen LogP contribution in [0.3, 0.4) is 0 Å². The third-order valence-electron chi connectivity index (χ3n) is 10.4. The Morgan fingerprint density at radius 2 is 1.69 bits per heavy atom. The minimum absolute atomic E-state index is 0.00162. The van der Waals surface area contributed by atoms with Gasteiger partial charge in [-0.2, -0.15) is 5.01 Å². The monoisotopic (exact) mass is 671 g/mol. The van der Waals surface area contributed by atoms with Crippen LogP contribution in [0.5, 0.6) is 5.75 Å². The van der Waals surface area contributed by atoms with Gasteiger partial charge < -0.3 is 9.84 Å². The van der Waals surface area contributed by atoms with Gasteiger partial charge >= 0.3 is 0 Å². The van der Waals surface area contributed by atoms with Crippen LogP contribution in [0, 0.1) is 29.5 Å². The lowest BCUT2D eigenvalue weighted by atomic mass is 9.49. The number of halogens is 2. The Hall–Kier alpha value is -4.54. The summed E-state index contributed by atoms with van der Waals surface area (Å²) in [6.45, 7) is 1.99. The zero-order chi connectivity index (χ0) is 33.7. The molecule has 0 spiro atoms. The maximum absolute atomic E-state index is 15.2. The summed E-state index contributed by atoms with van der Waals surface area (Å²) in [4.78, 5) is 58.8. The number of ether oxygens (including phenoxy) is 1. The minimum atomic E-state index is -1.52. The zero-order valence-electron chi connectivity index (χ0n) is 26.3. The van der Waals surface area contributed by atoms with E-state index in [4.69, 9.17) is 16.3 Å². The van der Waals surface area contributed by atoms with E-state index in [9.17, 15) is 23.9 Å². The normalized spacial score (nSPS) is 27.8. The first kappa shape index (κ1) is 32.0. The number of anilines is 1. The number of benzene rings is 3. The fourth-order valence-corrected chi connectivity index (χ4v) is 8.64. The van der Waals surface area contributed by atoms with E-state index in [1.807, 2.05) is 25.1 Å². The summed E-state index contributed by atoms with van der Waals surface area (Å²) in [5.74, 6) is -5.00. The third kappa shape index (κ3) is 4.84. The van der Waals surface area contributed by atoms with Crippen molar-refractivity contribution in [1.29, 1.82) is 0 Å². The van der Waals surface area contributed by atoms with Crippen LogP contribution in [-0.2, 0) is 24.6 Å². The number of fused-ring (bicyclic) bond motifs is 4. The van der Waals surface area contributed by atoms with E-state index in [1.165, 1.54) is 29.2 Å². The smallest absolute Gasteiger partial charge is 0.260 e. The summed E-state index contributed by atoms with van der Waals surface area (Å²) < 4.78 is 19.9. The molecule has 3 fully saturated rings. The number of nitrogens with one attached hydrogen (secondary N) is 1. The number of carbonyl (C=O) groups is 4. The highest BCUT2D eigenvalue weighted by atomic mass is 35.5. The molecule has 4 aliphatic rings. The number of aliphatic hydroxyl groups excluding tert-OH is 1. The summed E-state index contributed by atoms with van der Waals surface area (Å²) in [7, 11) is 0. The van der Waals surface area contributed by atoms with Gasteiger partial charge in [0.05, 0.1) is 35.5 Å². The number of rotatable bonds is 9. The average Bonchev–Trinajstić information content (AvgIpc) is 3.46. The molecular weight excluding hydrogens is 637 g/mol. The van der Waals surface area contributed by atoms with Gasteiger partial charge in [0.25, 0.3) is 11.8 Å². The highest BCUT2D eigenvalue weighted by Gasteiger charge is 2.70. The molecule has 4 amide bonds. The fraction of sp³-hybridized carbons (Fsp3) is 0.351. The molecule has 0 aromatic heterocycles. The molecule has 2 N–H and O–H groups in total. The van der Waals surface area contributed by atoms with Gasteiger partial charge in [0.2, 0.25) is 11.8 Å². The molecule has 6 atom stereocenters. The molecule has 2 heterocycles. The largest absolute Gasteiger partial charge is 0.491 e. The Morgan fingerprint density at radius 1 is 0.958 bits per heavy atom. The van der Waals surface area contributed by atoms with Crippen molar-refractivity contribution in [3.63, 3.8) is 0 Å². The number of aliphatic hydroxyl groups is 1. The van der Waals surface area contributed by atoms with Crippen molar-refractivity contribution in [2.24, 2.45) is 23.7 Å². The highest BCUT2D eigenvalue weighted by molar-refractivity contribution is 6.30. The third-order valence-corrected chi connectivity index (χ3v) is 10.6. The number of likely N-dealkylation sites (tertiary alicyclic amines) is 1. The van der Waals surface area contributed by atoms with Crippen molar-refractivity contribution in [2.45, 2.75) is 37.5 Å². The first-order chi connectivity index (χ1) is 23.2. The summed E-state index contributed by atoms with van der Waals surface area (Å²) in [6.07, 6.45) is 3.08. The molecule has 0 bridgehead atoms.